The number of anilines is 2. The SMILES string of the molecule is O=C(NCCCNc1cccnc1)Nc1cccc2c1CCCC2. The fourth-order valence-corrected chi connectivity index (χ4v) is 3.06. The standard InChI is InChI=1S/C19H24N4O/c24-19(22-13-5-12-21-16-8-4-11-20-14-16)23-18-10-3-7-15-6-1-2-9-17(15)18/h3-4,7-8,10-11,14,21H,1-2,5-6,9,12-13H2,(H2,22,23,24). The Bertz CT molecular complexity index is 672. The molecule has 5 heteroatoms. The van der Waals surface area contributed by atoms with Crippen molar-refractivity contribution < 1.29 is 4.79 Å². The molecule has 0 saturated carbocycles. The maximum absolute atomic E-state index is 12.1. The predicted octanol–water partition coefficient (Wildman–Crippen LogP) is 3.58. The van der Waals surface area contributed by atoms with Crippen LogP contribution < -0.4 is 16.0 Å². The first kappa shape index (κ1) is 16.3. The van der Waals surface area contributed by atoms with Crippen LogP contribution in [0.15, 0.2) is 42.7 Å². The minimum atomic E-state index is -0.129. The summed E-state index contributed by atoms with van der Waals surface area (Å²) in [7, 11) is 0. The number of carbonyl (C=O) groups is 1. The molecular formula is C19H24N4O. The smallest absolute Gasteiger partial charge is 0.319 e. The number of carbonyl (C=O) groups excluding carboxylic acids is 1. The van der Waals surface area contributed by atoms with E-state index in [1.165, 1.54) is 24.0 Å². The minimum absolute atomic E-state index is 0.129. The number of nitrogens with one attached hydrogen (secondary N) is 3. The molecule has 126 valence electrons. The summed E-state index contributed by atoms with van der Waals surface area (Å²) in [6.07, 6.45) is 9.01. The van der Waals surface area contributed by atoms with Gasteiger partial charge in [0.2, 0.25) is 0 Å². The number of amides is 2. The number of urea groups is 1. The van der Waals surface area contributed by atoms with Gasteiger partial charge in [-0.1, -0.05) is 12.1 Å². The molecule has 1 aliphatic rings. The van der Waals surface area contributed by atoms with Crippen molar-refractivity contribution in [2.45, 2.75) is 32.1 Å². The van der Waals surface area contributed by atoms with E-state index >= 15 is 0 Å². The molecule has 0 saturated heterocycles. The van der Waals surface area contributed by atoms with Crippen LogP contribution in [0.25, 0.3) is 0 Å². The number of aryl methyl sites for hydroxylation is 1. The Morgan fingerprint density at radius 1 is 1.08 bits per heavy atom. The van der Waals surface area contributed by atoms with Gasteiger partial charge < -0.3 is 16.0 Å². The van der Waals surface area contributed by atoms with Crippen LogP contribution in [-0.4, -0.2) is 24.1 Å². The molecule has 0 radical (unpaired) electrons. The van der Waals surface area contributed by atoms with E-state index in [0.717, 1.165) is 37.2 Å². The van der Waals surface area contributed by atoms with Gasteiger partial charge in [-0.3, -0.25) is 4.98 Å². The first-order valence-electron chi connectivity index (χ1n) is 8.62. The van der Waals surface area contributed by atoms with Crippen LogP contribution in [0, 0.1) is 0 Å². The molecule has 0 fully saturated rings. The molecule has 0 unspecified atom stereocenters. The van der Waals surface area contributed by atoms with Gasteiger partial charge >= 0.3 is 6.03 Å². The van der Waals surface area contributed by atoms with Crippen LogP contribution in [0.2, 0.25) is 0 Å². The fraction of sp³-hybridized carbons (Fsp3) is 0.368. The summed E-state index contributed by atoms with van der Waals surface area (Å²) in [5.41, 5.74) is 4.63. The van der Waals surface area contributed by atoms with E-state index in [1.54, 1.807) is 12.4 Å². The first-order chi connectivity index (χ1) is 11.8. The fourth-order valence-electron chi connectivity index (χ4n) is 3.06. The number of pyridine rings is 1. The Kier molecular flexibility index (Phi) is 5.66. The molecule has 2 aromatic rings. The van der Waals surface area contributed by atoms with Crippen molar-refractivity contribution in [3.63, 3.8) is 0 Å². The summed E-state index contributed by atoms with van der Waals surface area (Å²) in [6.45, 7) is 1.43. The van der Waals surface area contributed by atoms with Gasteiger partial charge in [-0.2, -0.15) is 0 Å². The van der Waals surface area contributed by atoms with E-state index in [9.17, 15) is 4.79 Å². The lowest BCUT2D eigenvalue weighted by Crippen LogP contribution is -2.31. The lowest BCUT2D eigenvalue weighted by molar-refractivity contribution is 0.252. The predicted molar refractivity (Wildman–Crippen MR) is 97.4 cm³/mol. The van der Waals surface area contributed by atoms with Crippen LogP contribution in [0.5, 0.6) is 0 Å². The number of hydrogen-bond acceptors (Lipinski definition) is 3. The maximum atomic E-state index is 12.1. The number of benzene rings is 1. The average molecular weight is 324 g/mol. The first-order valence-corrected chi connectivity index (χ1v) is 8.62. The van der Waals surface area contributed by atoms with E-state index < -0.39 is 0 Å². The quantitative estimate of drug-likeness (QED) is 0.712. The molecule has 0 aliphatic heterocycles. The monoisotopic (exact) mass is 324 g/mol. The molecule has 0 bridgehead atoms. The van der Waals surface area contributed by atoms with Gasteiger partial charge in [0.25, 0.3) is 0 Å². The van der Waals surface area contributed by atoms with Crippen LogP contribution in [0.3, 0.4) is 0 Å². The Hall–Kier alpha value is -2.56. The third-order valence-electron chi connectivity index (χ3n) is 4.27. The molecule has 1 aromatic carbocycles. The third-order valence-corrected chi connectivity index (χ3v) is 4.27. The molecule has 1 heterocycles. The van der Waals surface area contributed by atoms with Gasteiger partial charge in [0.1, 0.15) is 0 Å². The number of fused-ring (bicyclic) bond motifs is 1. The average Bonchev–Trinajstić information content (AvgIpc) is 2.63. The highest BCUT2D eigenvalue weighted by molar-refractivity contribution is 5.90. The molecule has 1 aliphatic carbocycles. The van der Waals surface area contributed by atoms with E-state index in [2.05, 4.69) is 27.0 Å². The Morgan fingerprint density at radius 2 is 2.00 bits per heavy atom. The number of aromatic nitrogens is 1. The van der Waals surface area contributed by atoms with Crippen LogP contribution in [-0.2, 0) is 12.8 Å². The van der Waals surface area contributed by atoms with Crippen LogP contribution in [0.1, 0.15) is 30.4 Å². The highest BCUT2D eigenvalue weighted by Gasteiger charge is 2.14. The zero-order chi connectivity index (χ0) is 16.6. The van der Waals surface area contributed by atoms with Gasteiger partial charge in [-0.15, -0.1) is 0 Å². The van der Waals surface area contributed by atoms with Crippen molar-refractivity contribution in [3.8, 4) is 0 Å². The zero-order valence-corrected chi connectivity index (χ0v) is 13.8. The van der Waals surface area contributed by atoms with Crippen molar-refractivity contribution in [1.29, 1.82) is 0 Å². The molecule has 1 aromatic heterocycles. The van der Waals surface area contributed by atoms with E-state index in [0.29, 0.717) is 6.54 Å². The molecule has 2 amide bonds. The van der Waals surface area contributed by atoms with Crippen molar-refractivity contribution >= 4 is 17.4 Å². The lowest BCUT2D eigenvalue weighted by atomic mass is 9.90. The highest BCUT2D eigenvalue weighted by atomic mass is 16.2. The summed E-state index contributed by atoms with van der Waals surface area (Å²) in [6, 6.07) is 9.93. The Labute approximate surface area is 142 Å². The normalized spacial score (nSPS) is 13.0. The summed E-state index contributed by atoms with van der Waals surface area (Å²) in [5, 5.41) is 9.19. The van der Waals surface area contributed by atoms with Crippen LogP contribution >= 0.6 is 0 Å². The van der Waals surface area contributed by atoms with Gasteiger partial charge in [0, 0.05) is 31.2 Å². The van der Waals surface area contributed by atoms with Gasteiger partial charge in [-0.25, -0.2) is 4.79 Å². The molecule has 0 spiro atoms. The second-order valence-corrected chi connectivity index (χ2v) is 6.05. The van der Waals surface area contributed by atoms with Crippen molar-refractivity contribution in [2.75, 3.05) is 23.7 Å². The highest BCUT2D eigenvalue weighted by Crippen LogP contribution is 2.27. The van der Waals surface area contributed by atoms with E-state index in [4.69, 9.17) is 0 Å². The van der Waals surface area contributed by atoms with Gasteiger partial charge in [0.15, 0.2) is 0 Å². The van der Waals surface area contributed by atoms with Gasteiger partial charge in [0.05, 0.1) is 5.69 Å². The number of nitrogens with zero attached hydrogens (tertiary/aromatic N) is 1. The minimum Gasteiger partial charge on any atom is -0.384 e. The van der Waals surface area contributed by atoms with E-state index in [-0.39, 0.29) is 6.03 Å². The summed E-state index contributed by atoms with van der Waals surface area (Å²) >= 11 is 0. The Balaban J connectivity index is 1.40. The second-order valence-electron chi connectivity index (χ2n) is 6.05. The Morgan fingerprint density at radius 3 is 2.88 bits per heavy atom. The van der Waals surface area contributed by atoms with E-state index in [1.807, 2.05) is 24.3 Å². The largest absolute Gasteiger partial charge is 0.384 e. The maximum Gasteiger partial charge on any atom is 0.319 e. The lowest BCUT2D eigenvalue weighted by Gasteiger charge is -2.19. The number of rotatable bonds is 6. The third kappa shape index (κ3) is 4.47. The molecule has 3 N–H and O–H groups in total. The van der Waals surface area contributed by atoms with Crippen molar-refractivity contribution in [3.05, 3.63) is 53.9 Å². The summed E-state index contributed by atoms with van der Waals surface area (Å²) < 4.78 is 0. The molecule has 0 atom stereocenters. The van der Waals surface area contributed by atoms with Crippen molar-refractivity contribution in [2.24, 2.45) is 0 Å². The topological polar surface area (TPSA) is 66.0 Å². The molecule has 5 nitrogen and oxygen atoms in total. The van der Waals surface area contributed by atoms with Crippen molar-refractivity contribution in [1.82, 2.24) is 10.3 Å². The summed E-state index contributed by atoms with van der Waals surface area (Å²) in [4.78, 5) is 16.1. The molecule has 3 rings (SSSR count). The van der Waals surface area contributed by atoms with Crippen LogP contribution in [0.4, 0.5) is 16.2 Å². The number of hydrogen-bond donors (Lipinski definition) is 3. The van der Waals surface area contributed by atoms with Gasteiger partial charge in [-0.05, 0) is 61.4 Å². The second kappa shape index (κ2) is 8.34. The molecular weight excluding hydrogens is 300 g/mol. The zero-order valence-electron chi connectivity index (χ0n) is 13.8. The summed E-state index contributed by atoms with van der Waals surface area (Å²) in [5.74, 6) is 0. The molecule has 24 heavy (non-hydrogen) atoms.